The van der Waals surface area contributed by atoms with Crippen LogP contribution in [-0.4, -0.2) is 16.8 Å². The van der Waals surface area contributed by atoms with Gasteiger partial charge in [-0.3, -0.25) is 0 Å². The number of nitrogens with one attached hydrogen (secondary N) is 1. The third-order valence-corrected chi connectivity index (χ3v) is 3.66. The fourth-order valence-electron chi connectivity index (χ4n) is 1.84. The summed E-state index contributed by atoms with van der Waals surface area (Å²) in [6.07, 6.45) is 0. The molecule has 0 amide bonds. The van der Waals surface area contributed by atoms with Crippen LogP contribution in [0.2, 0.25) is 0 Å². The van der Waals surface area contributed by atoms with E-state index in [1.807, 2.05) is 17.8 Å². The smallest absolute Gasteiger partial charge is 0.101 e. The molecule has 96 valence electrons. The lowest BCUT2D eigenvalue weighted by Gasteiger charge is -2.12. The van der Waals surface area contributed by atoms with Crippen LogP contribution >= 0.6 is 11.8 Å². The quantitative estimate of drug-likeness (QED) is 0.827. The molecular formula is C15H20N2S. The van der Waals surface area contributed by atoms with Crippen LogP contribution in [0.25, 0.3) is 10.9 Å². The van der Waals surface area contributed by atoms with Gasteiger partial charge in [0.2, 0.25) is 0 Å². The van der Waals surface area contributed by atoms with E-state index in [9.17, 15) is 0 Å². The Hall–Kier alpha value is -1.06. The summed E-state index contributed by atoms with van der Waals surface area (Å²) in [7, 11) is 0. The summed E-state index contributed by atoms with van der Waals surface area (Å²) in [6, 6.07) is 11.1. The zero-order valence-corrected chi connectivity index (χ0v) is 12.1. The molecule has 0 bridgehead atoms. The van der Waals surface area contributed by atoms with Crippen molar-refractivity contribution in [3.8, 4) is 0 Å². The monoisotopic (exact) mass is 260 g/mol. The van der Waals surface area contributed by atoms with Gasteiger partial charge in [-0.05, 0) is 23.4 Å². The van der Waals surface area contributed by atoms with Crippen LogP contribution in [0.1, 0.15) is 26.3 Å². The molecule has 1 heterocycles. The van der Waals surface area contributed by atoms with Crippen molar-refractivity contribution < 1.29 is 0 Å². The summed E-state index contributed by atoms with van der Waals surface area (Å²) in [5.41, 5.74) is 2.39. The lowest BCUT2D eigenvalue weighted by atomic mass is 10.1. The third kappa shape index (κ3) is 3.24. The van der Waals surface area contributed by atoms with E-state index < -0.39 is 0 Å². The second-order valence-electron chi connectivity index (χ2n) is 4.61. The molecule has 2 aromatic rings. The summed E-state index contributed by atoms with van der Waals surface area (Å²) in [6.45, 7) is 7.39. The summed E-state index contributed by atoms with van der Waals surface area (Å²) < 4.78 is 0. The van der Waals surface area contributed by atoms with E-state index >= 15 is 0 Å². The Bertz CT molecular complexity index is 523. The van der Waals surface area contributed by atoms with Gasteiger partial charge in [0.05, 0.1) is 5.52 Å². The molecule has 0 saturated heterocycles. The molecule has 1 aromatic heterocycles. The van der Waals surface area contributed by atoms with Crippen molar-refractivity contribution in [1.82, 2.24) is 10.3 Å². The topological polar surface area (TPSA) is 24.9 Å². The minimum Gasteiger partial charge on any atom is -0.310 e. The highest BCUT2D eigenvalue weighted by Gasteiger charge is 2.07. The number of pyridine rings is 1. The zero-order valence-electron chi connectivity index (χ0n) is 11.2. The number of nitrogens with zero attached hydrogens (tertiary/aromatic N) is 1. The fourth-order valence-corrected chi connectivity index (χ4v) is 2.60. The van der Waals surface area contributed by atoms with Gasteiger partial charge in [-0.25, -0.2) is 4.98 Å². The van der Waals surface area contributed by atoms with Gasteiger partial charge in [0.25, 0.3) is 0 Å². The first kappa shape index (κ1) is 13.4. The molecule has 1 aromatic carbocycles. The number of benzene rings is 1. The minimum atomic E-state index is 0.496. The number of hydrogen-bond acceptors (Lipinski definition) is 3. The average Bonchev–Trinajstić information content (AvgIpc) is 2.36. The van der Waals surface area contributed by atoms with Crippen LogP contribution in [-0.2, 0) is 6.54 Å². The summed E-state index contributed by atoms with van der Waals surface area (Å²) in [5, 5.41) is 5.85. The Labute approximate surface area is 113 Å². The molecule has 0 spiro atoms. The van der Waals surface area contributed by atoms with Gasteiger partial charge in [0.15, 0.2) is 0 Å². The van der Waals surface area contributed by atoms with Crippen LogP contribution in [0.5, 0.6) is 0 Å². The first-order valence-corrected chi connectivity index (χ1v) is 7.44. The Balaban J connectivity index is 2.37. The first-order valence-electron chi connectivity index (χ1n) is 6.45. The van der Waals surface area contributed by atoms with Crippen molar-refractivity contribution in [1.29, 1.82) is 0 Å². The molecule has 0 aliphatic carbocycles. The highest BCUT2D eigenvalue weighted by Crippen LogP contribution is 2.24. The Morgan fingerprint density at radius 2 is 2.06 bits per heavy atom. The largest absolute Gasteiger partial charge is 0.310 e. The molecule has 1 N–H and O–H groups in total. The third-order valence-electron chi connectivity index (χ3n) is 2.75. The number of thioether (sulfide) groups is 1. The predicted octanol–water partition coefficient (Wildman–Crippen LogP) is 3.84. The van der Waals surface area contributed by atoms with Crippen molar-refractivity contribution in [2.75, 3.05) is 5.75 Å². The first-order chi connectivity index (χ1) is 8.70. The van der Waals surface area contributed by atoms with Crippen molar-refractivity contribution in [3.63, 3.8) is 0 Å². The van der Waals surface area contributed by atoms with Crippen molar-refractivity contribution in [3.05, 3.63) is 35.9 Å². The zero-order chi connectivity index (χ0) is 13.0. The SMILES string of the molecule is CCSc1nc2ccccc2cc1CNC(C)C. The molecule has 2 nitrogen and oxygen atoms in total. The fraction of sp³-hybridized carbons (Fsp3) is 0.400. The van der Waals surface area contributed by atoms with Crippen molar-refractivity contribution >= 4 is 22.7 Å². The number of aromatic nitrogens is 1. The minimum absolute atomic E-state index is 0.496. The highest BCUT2D eigenvalue weighted by molar-refractivity contribution is 7.99. The van der Waals surface area contributed by atoms with E-state index in [0.717, 1.165) is 22.8 Å². The predicted molar refractivity (Wildman–Crippen MR) is 80.1 cm³/mol. The normalized spacial score (nSPS) is 11.3. The number of hydrogen-bond donors (Lipinski definition) is 1. The van der Waals surface area contributed by atoms with Crippen LogP contribution in [0.3, 0.4) is 0 Å². The van der Waals surface area contributed by atoms with Gasteiger partial charge in [0, 0.05) is 18.0 Å². The lowest BCUT2D eigenvalue weighted by Crippen LogP contribution is -2.22. The molecule has 0 unspecified atom stereocenters. The maximum Gasteiger partial charge on any atom is 0.101 e. The molecule has 0 radical (unpaired) electrons. The van der Waals surface area contributed by atoms with Gasteiger partial charge >= 0.3 is 0 Å². The van der Waals surface area contributed by atoms with E-state index in [0.29, 0.717) is 6.04 Å². The summed E-state index contributed by atoms with van der Waals surface area (Å²) in [5.74, 6) is 1.06. The van der Waals surface area contributed by atoms with E-state index in [1.165, 1.54) is 10.9 Å². The second-order valence-corrected chi connectivity index (χ2v) is 5.87. The molecule has 0 saturated carbocycles. The van der Waals surface area contributed by atoms with E-state index in [-0.39, 0.29) is 0 Å². The Morgan fingerprint density at radius 3 is 2.78 bits per heavy atom. The number of fused-ring (bicyclic) bond motifs is 1. The van der Waals surface area contributed by atoms with Gasteiger partial charge in [-0.15, -0.1) is 11.8 Å². The van der Waals surface area contributed by atoms with E-state index in [1.54, 1.807) is 0 Å². The van der Waals surface area contributed by atoms with Crippen molar-refractivity contribution in [2.45, 2.75) is 38.4 Å². The van der Waals surface area contributed by atoms with Gasteiger partial charge in [0.1, 0.15) is 5.03 Å². The average molecular weight is 260 g/mol. The summed E-state index contributed by atoms with van der Waals surface area (Å²) >= 11 is 1.82. The number of rotatable bonds is 5. The van der Waals surface area contributed by atoms with Crippen molar-refractivity contribution in [2.24, 2.45) is 0 Å². The van der Waals surface area contributed by atoms with E-state index in [2.05, 4.69) is 50.4 Å². The molecule has 18 heavy (non-hydrogen) atoms. The molecule has 0 aliphatic heterocycles. The molecule has 0 fully saturated rings. The number of para-hydroxylation sites is 1. The van der Waals surface area contributed by atoms with Crippen LogP contribution < -0.4 is 5.32 Å². The molecule has 2 rings (SSSR count). The Kier molecular flexibility index (Phi) is 4.61. The maximum absolute atomic E-state index is 4.77. The lowest BCUT2D eigenvalue weighted by molar-refractivity contribution is 0.583. The van der Waals surface area contributed by atoms with Crippen LogP contribution in [0, 0.1) is 0 Å². The molecular weight excluding hydrogens is 240 g/mol. The van der Waals surface area contributed by atoms with Gasteiger partial charge in [-0.1, -0.05) is 39.0 Å². The second kappa shape index (κ2) is 6.21. The Morgan fingerprint density at radius 1 is 1.28 bits per heavy atom. The molecule has 0 aliphatic rings. The highest BCUT2D eigenvalue weighted by atomic mass is 32.2. The standard InChI is InChI=1S/C15H20N2S/c1-4-18-15-13(10-16-11(2)3)9-12-7-5-6-8-14(12)17-15/h5-9,11,16H,4,10H2,1-3H3. The van der Waals surface area contributed by atoms with Gasteiger partial charge < -0.3 is 5.32 Å². The maximum atomic E-state index is 4.77. The molecule has 3 heteroatoms. The van der Waals surface area contributed by atoms with Gasteiger partial charge in [-0.2, -0.15) is 0 Å². The van der Waals surface area contributed by atoms with E-state index in [4.69, 9.17) is 4.98 Å². The van der Waals surface area contributed by atoms with Crippen LogP contribution in [0.4, 0.5) is 0 Å². The van der Waals surface area contributed by atoms with Crippen LogP contribution in [0.15, 0.2) is 35.4 Å². The summed E-state index contributed by atoms with van der Waals surface area (Å²) in [4.78, 5) is 4.77. The molecule has 0 atom stereocenters.